The van der Waals surface area contributed by atoms with Gasteiger partial charge in [-0.15, -0.1) is 0 Å². The minimum absolute atomic E-state index is 0.269. The third-order valence-corrected chi connectivity index (χ3v) is 1.83. The average molecular weight is 186 g/mol. The Hall–Kier alpha value is -1.10. The van der Waals surface area contributed by atoms with E-state index >= 15 is 0 Å². The van der Waals surface area contributed by atoms with Crippen molar-refractivity contribution in [1.82, 2.24) is 10.9 Å². The molecule has 0 saturated carbocycles. The minimum atomic E-state index is -0.402. The van der Waals surface area contributed by atoms with Crippen molar-refractivity contribution < 1.29 is 14.3 Å². The number of carbonyl (C=O) groups excluding carboxylic acids is 2. The zero-order chi connectivity index (χ0) is 9.68. The lowest BCUT2D eigenvalue weighted by Crippen LogP contribution is -2.47. The van der Waals surface area contributed by atoms with Crippen LogP contribution in [0.2, 0.25) is 0 Å². The van der Waals surface area contributed by atoms with Crippen molar-refractivity contribution in [3.05, 3.63) is 0 Å². The molecule has 1 rings (SSSR count). The molecule has 0 aromatic carbocycles. The Balaban J connectivity index is 2.25. The van der Waals surface area contributed by atoms with E-state index in [-0.39, 0.29) is 11.8 Å². The van der Waals surface area contributed by atoms with Crippen molar-refractivity contribution in [3.8, 4) is 0 Å². The molecular weight excluding hydrogens is 172 g/mol. The molecule has 1 unspecified atom stereocenters. The molecule has 5 heteroatoms. The summed E-state index contributed by atoms with van der Waals surface area (Å²) in [5.74, 6) is -0.556. The number of nitrogens with one attached hydrogen (secondary N) is 2. The highest BCUT2D eigenvalue weighted by molar-refractivity contribution is 5.83. The molecule has 2 N–H and O–H groups in total. The second-order valence-corrected chi connectivity index (χ2v) is 3.03. The molecule has 5 nitrogen and oxygen atoms in total. The van der Waals surface area contributed by atoms with Crippen LogP contribution in [-0.2, 0) is 14.3 Å². The Morgan fingerprint density at radius 3 is 2.62 bits per heavy atom. The van der Waals surface area contributed by atoms with Gasteiger partial charge in [-0.3, -0.25) is 20.4 Å². The Labute approximate surface area is 76.8 Å². The van der Waals surface area contributed by atoms with E-state index in [1.807, 2.05) is 0 Å². The van der Waals surface area contributed by atoms with Gasteiger partial charge in [-0.25, -0.2) is 0 Å². The quantitative estimate of drug-likeness (QED) is 0.553. The van der Waals surface area contributed by atoms with Crippen LogP contribution in [0.15, 0.2) is 0 Å². The number of ether oxygens (including phenoxy) is 1. The SMILES string of the molecule is CC(=O)NNC(=O)C1CCCCO1. The predicted molar refractivity (Wildman–Crippen MR) is 45.6 cm³/mol. The fourth-order valence-electron chi connectivity index (χ4n) is 1.18. The summed E-state index contributed by atoms with van der Waals surface area (Å²) < 4.78 is 5.21. The molecule has 1 aliphatic rings. The van der Waals surface area contributed by atoms with Gasteiger partial charge in [0.1, 0.15) is 6.10 Å². The van der Waals surface area contributed by atoms with Gasteiger partial charge in [-0.05, 0) is 19.3 Å². The van der Waals surface area contributed by atoms with Gasteiger partial charge >= 0.3 is 0 Å². The molecule has 1 atom stereocenters. The number of hydrazine groups is 1. The predicted octanol–water partition coefficient (Wildman–Crippen LogP) is -0.277. The van der Waals surface area contributed by atoms with Crippen molar-refractivity contribution >= 4 is 11.8 Å². The largest absolute Gasteiger partial charge is 0.368 e. The first-order valence-electron chi connectivity index (χ1n) is 4.38. The molecule has 74 valence electrons. The van der Waals surface area contributed by atoms with Crippen LogP contribution in [0.1, 0.15) is 26.2 Å². The molecule has 1 aliphatic heterocycles. The Morgan fingerprint density at radius 2 is 2.08 bits per heavy atom. The molecule has 13 heavy (non-hydrogen) atoms. The lowest BCUT2D eigenvalue weighted by Gasteiger charge is -2.21. The molecule has 0 radical (unpaired) electrons. The van der Waals surface area contributed by atoms with Crippen LogP contribution in [-0.4, -0.2) is 24.5 Å². The van der Waals surface area contributed by atoms with Gasteiger partial charge in [0.2, 0.25) is 5.91 Å². The third kappa shape index (κ3) is 3.42. The highest BCUT2D eigenvalue weighted by atomic mass is 16.5. The van der Waals surface area contributed by atoms with Gasteiger partial charge in [0.25, 0.3) is 5.91 Å². The van der Waals surface area contributed by atoms with Crippen LogP contribution in [0.25, 0.3) is 0 Å². The second kappa shape index (κ2) is 4.81. The molecular formula is C8H14N2O3. The summed E-state index contributed by atoms with van der Waals surface area (Å²) in [5.41, 5.74) is 4.51. The van der Waals surface area contributed by atoms with E-state index in [0.717, 1.165) is 19.3 Å². The van der Waals surface area contributed by atoms with E-state index in [1.54, 1.807) is 0 Å². The van der Waals surface area contributed by atoms with Crippen LogP contribution in [0.4, 0.5) is 0 Å². The van der Waals surface area contributed by atoms with E-state index in [0.29, 0.717) is 6.61 Å². The maximum atomic E-state index is 11.3. The van der Waals surface area contributed by atoms with Crippen LogP contribution in [0.5, 0.6) is 0 Å². The number of hydrogen-bond donors (Lipinski definition) is 2. The van der Waals surface area contributed by atoms with Crippen molar-refractivity contribution in [2.45, 2.75) is 32.3 Å². The summed E-state index contributed by atoms with van der Waals surface area (Å²) in [5, 5.41) is 0. The molecule has 1 fully saturated rings. The molecule has 0 aromatic rings. The monoisotopic (exact) mass is 186 g/mol. The zero-order valence-electron chi connectivity index (χ0n) is 7.63. The maximum absolute atomic E-state index is 11.3. The van der Waals surface area contributed by atoms with Crippen molar-refractivity contribution in [2.24, 2.45) is 0 Å². The van der Waals surface area contributed by atoms with Crippen LogP contribution < -0.4 is 10.9 Å². The molecule has 0 aliphatic carbocycles. The van der Waals surface area contributed by atoms with Gasteiger partial charge in [0, 0.05) is 13.5 Å². The van der Waals surface area contributed by atoms with Crippen molar-refractivity contribution in [3.63, 3.8) is 0 Å². The molecule has 0 bridgehead atoms. The number of rotatable bonds is 1. The van der Waals surface area contributed by atoms with Crippen LogP contribution in [0, 0.1) is 0 Å². The fourth-order valence-corrected chi connectivity index (χ4v) is 1.18. The summed E-state index contributed by atoms with van der Waals surface area (Å²) in [7, 11) is 0. The highest BCUT2D eigenvalue weighted by Crippen LogP contribution is 2.11. The van der Waals surface area contributed by atoms with Gasteiger partial charge in [0.05, 0.1) is 0 Å². The lowest BCUT2D eigenvalue weighted by atomic mass is 10.1. The van der Waals surface area contributed by atoms with Crippen LogP contribution >= 0.6 is 0 Å². The first-order valence-corrected chi connectivity index (χ1v) is 4.38. The van der Waals surface area contributed by atoms with E-state index in [1.165, 1.54) is 6.92 Å². The topological polar surface area (TPSA) is 67.4 Å². The van der Waals surface area contributed by atoms with Gasteiger partial charge in [-0.1, -0.05) is 0 Å². The molecule has 1 heterocycles. The van der Waals surface area contributed by atoms with E-state index in [2.05, 4.69) is 10.9 Å². The minimum Gasteiger partial charge on any atom is -0.368 e. The molecule has 1 saturated heterocycles. The van der Waals surface area contributed by atoms with Crippen LogP contribution in [0.3, 0.4) is 0 Å². The smallest absolute Gasteiger partial charge is 0.267 e. The van der Waals surface area contributed by atoms with E-state index < -0.39 is 6.10 Å². The number of carbonyl (C=O) groups is 2. The van der Waals surface area contributed by atoms with E-state index in [9.17, 15) is 9.59 Å². The van der Waals surface area contributed by atoms with Crippen molar-refractivity contribution in [1.29, 1.82) is 0 Å². The molecule has 0 spiro atoms. The standard InChI is InChI=1S/C8H14N2O3/c1-6(11)9-10-8(12)7-4-2-3-5-13-7/h7H,2-5H2,1H3,(H,9,11)(H,10,12). The highest BCUT2D eigenvalue weighted by Gasteiger charge is 2.21. The summed E-state index contributed by atoms with van der Waals surface area (Å²) in [6.45, 7) is 1.96. The van der Waals surface area contributed by atoms with Gasteiger partial charge < -0.3 is 4.74 Å². The van der Waals surface area contributed by atoms with E-state index in [4.69, 9.17) is 4.74 Å². The average Bonchev–Trinajstić information content (AvgIpc) is 2.15. The summed E-state index contributed by atoms with van der Waals surface area (Å²) in [4.78, 5) is 21.7. The van der Waals surface area contributed by atoms with Gasteiger partial charge in [-0.2, -0.15) is 0 Å². The molecule has 2 amide bonds. The van der Waals surface area contributed by atoms with Gasteiger partial charge in [0.15, 0.2) is 0 Å². The Morgan fingerprint density at radius 1 is 1.31 bits per heavy atom. The van der Waals surface area contributed by atoms with Crippen molar-refractivity contribution in [2.75, 3.05) is 6.61 Å². The molecule has 0 aromatic heterocycles. The summed E-state index contributed by atoms with van der Waals surface area (Å²) in [6.07, 6.45) is 2.33. The Bertz CT molecular complexity index is 200. The first kappa shape index (κ1) is 9.98. The Kier molecular flexibility index (Phi) is 3.70. The number of amides is 2. The summed E-state index contributed by atoms with van der Waals surface area (Å²) >= 11 is 0. The first-order chi connectivity index (χ1) is 6.20. The zero-order valence-corrected chi connectivity index (χ0v) is 7.63. The maximum Gasteiger partial charge on any atom is 0.267 e. The second-order valence-electron chi connectivity index (χ2n) is 3.03. The lowest BCUT2D eigenvalue weighted by molar-refractivity contribution is -0.138. The third-order valence-electron chi connectivity index (χ3n) is 1.83. The number of hydrogen-bond acceptors (Lipinski definition) is 3. The fraction of sp³-hybridized carbons (Fsp3) is 0.750. The summed E-state index contributed by atoms with van der Waals surface area (Å²) in [6, 6.07) is 0. The normalized spacial score (nSPS) is 22.1.